The molecule has 2 atom stereocenters. The number of piperazine rings is 1. The van der Waals surface area contributed by atoms with Crippen LogP contribution >= 0.6 is 11.6 Å². The minimum absolute atomic E-state index is 0.0415. The number of nitrogens with zero attached hydrogens (tertiary/aromatic N) is 1. The van der Waals surface area contributed by atoms with Crippen LogP contribution < -0.4 is 10.6 Å². The minimum Gasteiger partial charge on any atom is -0.344 e. The predicted octanol–water partition coefficient (Wildman–Crippen LogP) is 3.58. The van der Waals surface area contributed by atoms with Crippen molar-refractivity contribution < 1.29 is 9.59 Å². The highest BCUT2D eigenvalue weighted by Crippen LogP contribution is 2.18. The van der Waals surface area contributed by atoms with Crippen molar-refractivity contribution >= 4 is 34.2 Å². The molecule has 0 radical (unpaired) electrons. The van der Waals surface area contributed by atoms with Crippen LogP contribution in [0.5, 0.6) is 0 Å². The quantitative estimate of drug-likeness (QED) is 0.604. The maximum Gasteiger partial charge on any atom is 0.245 e. The number of nitrogens with one attached hydrogen (secondary N) is 2. The number of hydrogen-bond acceptors (Lipinski definition) is 3. The summed E-state index contributed by atoms with van der Waals surface area (Å²) in [4.78, 5) is 27.0. The molecule has 3 aromatic carbocycles. The van der Waals surface area contributed by atoms with Gasteiger partial charge in [-0.25, -0.2) is 0 Å². The second-order valence-corrected chi connectivity index (χ2v) is 8.84. The molecule has 0 aliphatic carbocycles. The Morgan fingerprint density at radius 3 is 2.53 bits per heavy atom. The molecule has 4 rings (SSSR count). The fraction of sp³-hybridized carbons (Fsp3) is 0.308. The van der Waals surface area contributed by atoms with Crippen LogP contribution in [-0.2, 0) is 22.4 Å². The molecule has 1 aliphatic heterocycles. The van der Waals surface area contributed by atoms with Gasteiger partial charge in [-0.15, -0.1) is 0 Å². The van der Waals surface area contributed by atoms with Gasteiger partial charge < -0.3 is 15.5 Å². The molecule has 0 spiro atoms. The summed E-state index contributed by atoms with van der Waals surface area (Å²) in [7, 11) is 0. The van der Waals surface area contributed by atoms with Gasteiger partial charge in [-0.2, -0.15) is 0 Å². The van der Waals surface area contributed by atoms with Crippen LogP contribution in [0.15, 0.2) is 66.7 Å². The largest absolute Gasteiger partial charge is 0.344 e. The maximum atomic E-state index is 13.3. The lowest BCUT2D eigenvalue weighted by molar-refractivity contribution is -0.137. The first-order valence-electron chi connectivity index (χ1n) is 11.0. The molecule has 0 saturated carbocycles. The van der Waals surface area contributed by atoms with Crippen molar-refractivity contribution in [2.24, 2.45) is 0 Å². The number of carbonyl (C=O) groups is 2. The Morgan fingerprint density at radius 1 is 1.06 bits per heavy atom. The summed E-state index contributed by atoms with van der Waals surface area (Å²) in [5.41, 5.74) is 2.21. The molecular weight excluding hydrogens is 422 g/mol. The van der Waals surface area contributed by atoms with Crippen LogP contribution in [-0.4, -0.2) is 48.4 Å². The van der Waals surface area contributed by atoms with E-state index in [9.17, 15) is 9.59 Å². The van der Waals surface area contributed by atoms with Gasteiger partial charge in [0.1, 0.15) is 6.04 Å². The molecule has 6 heteroatoms. The van der Waals surface area contributed by atoms with Gasteiger partial charge in [0.05, 0.1) is 0 Å². The molecule has 1 aliphatic rings. The highest BCUT2D eigenvalue weighted by atomic mass is 35.5. The molecule has 166 valence electrons. The monoisotopic (exact) mass is 449 g/mol. The highest BCUT2D eigenvalue weighted by molar-refractivity contribution is 6.30. The van der Waals surface area contributed by atoms with Gasteiger partial charge in [0, 0.05) is 44.0 Å². The van der Waals surface area contributed by atoms with E-state index in [-0.39, 0.29) is 17.9 Å². The number of amides is 2. The van der Waals surface area contributed by atoms with Gasteiger partial charge in [0.15, 0.2) is 0 Å². The summed E-state index contributed by atoms with van der Waals surface area (Å²) in [5.74, 6) is -0.250. The van der Waals surface area contributed by atoms with E-state index in [1.807, 2.05) is 29.2 Å². The fourth-order valence-corrected chi connectivity index (χ4v) is 4.46. The van der Waals surface area contributed by atoms with Crippen molar-refractivity contribution in [3.8, 4) is 0 Å². The topological polar surface area (TPSA) is 61.4 Å². The van der Waals surface area contributed by atoms with Crippen molar-refractivity contribution in [1.82, 2.24) is 15.5 Å². The summed E-state index contributed by atoms with van der Waals surface area (Å²) in [5, 5.41) is 9.48. The van der Waals surface area contributed by atoms with Crippen LogP contribution in [0.4, 0.5) is 0 Å². The Labute approximate surface area is 193 Å². The number of rotatable bonds is 6. The Kier molecular flexibility index (Phi) is 7.08. The normalized spacial score (nSPS) is 17.2. The minimum atomic E-state index is -0.590. The Hall–Kier alpha value is -2.89. The number of hydrogen-bond donors (Lipinski definition) is 2. The van der Waals surface area contributed by atoms with E-state index in [0.717, 1.165) is 18.5 Å². The molecular formula is C26H28ClN3O2. The summed E-state index contributed by atoms with van der Waals surface area (Å²) < 4.78 is 0. The molecule has 1 saturated heterocycles. The van der Waals surface area contributed by atoms with E-state index in [1.165, 1.54) is 23.3 Å². The van der Waals surface area contributed by atoms with Crippen molar-refractivity contribution in [3.05, 3.63) is 82.9 Å². The summed E-state index contributed by atoms with van der Waals surface area (Å²) in [6, 6.07) is 21.8. The van der Waals surface area contributed by atoms with Gasteiger partial charge in [-0.05, 0) is 40.5 Å². The van der Waals surface area contributed by atoms with Gasteiger partial charge >= 0.3 is 0 Å². The van der Waals surface area contributed by atoms with Crippen molar-refractivity contribution in [3.63, 3.8) is 0 Å². The van der Waals surface area contributed by atoms with E-state index in [0.29, 0.717) is 24.5 Å². The van der Waals surface area contributed by atoms with Crippen LogP contribution in [0, 0.1) is 0 Å². The lowest BCUT2D eigenvalue weighted by atomic mass is 9.99. The summed E-state index contributed by atoms with van der Waals surface area (Å²) >= 11 is 5.98. The third kappa shape index (κ3) is 5.67. The van der Waals surface area contributed by atoms with Gasteiger partial charge in [0.25, 0.3) is 0 Å². The van der Waals surface area contributed by atoms with E-state index in [2.05, 4.69) is 41.0 Å². The SMILES string of the molecule is CC(=O)N[C@H](Cc1ccc(Cl)cc1)C(=O)N1CCNC(Cc2ccc3ccccc3c2)C1. The van der Waals surface area contributed by atoms with Crippen LogP contribution in [0.3, 0.4) is 0 Å². The first-order valence-corrected chi connectivity index (χ1v) is 11.4. The highest BCUT2D eigenvalue weighted by Gasteiger charge is 2.29. The summed E-state index contributed by atoms with van der Waals surface area (Å²) in [6.45, 7) is 3.42. The molecule has 3 aromatic rings. The Morgan fingerprint density at radius 2 is 1.78 bits per heavy atom. The number of fused-ring (bicyclic) bond motifs is 1. The van der Waals surface area contributed by atoms with Crippen molar-refractivity contribution in [1.29, 1.82) is 0 Å². The van der Waals surface area contributed by atoms with Crippen molar-refractivity contribution in [2.75, 3.05) is 19.6 Å². The number of halogens is 1. The first kappa shape index (κ1) is 22.3. The third-order valence-corrected chi connectivity index (χ3v) is 6.14. The molecule has 2 N–H and O–H groups in total. The van der Waals surface area contributed by atoms with Crippen LogP contribution in [0.2, 0.25) is 5.02 Å². The zero-order chi connectivity index (χ0) is 22.5. The predicted molar refractivity (Wildman–Crippen MR) is 129 cm³/mol. The molecule has 5 nitrogen and oxygen atoms in total. The molecule has 1 unspecified atom stereocenters. The van der Waals surface area contributed by atoms with E-state index in [1.54, 1.807) is 12.1 Å². The lowest BCUT2D eigenvalue weighted by Gasteiger charge is -2.36. The average molecular weight is 450 g/mol. The van der Waals surface area contributed by atoms with E-state index in [4.69, 9.17) is 11.6 Å². The molecule has 2 amide bonds. The maximum absolute atomic E-state index is 13.3. The first-order chi connectivity index (χ1) is 15.5. The second kappa shape index (κ2) is 10.2. The molecule has 1 fully saturated rings. The molecule has 0 bridgehead atoms. The Balaban J connectivity index is 1.44. The second-order valence-electron chi connectivity index (χ2n) is 8.40. The van der Waals surface area contributed by atoms with E-state index < -0.39 is 6.04 Å². The van der Waals surface area contributed by atoms with E-state index >= 15 is 0 Å². The lowest BCUT2D eigenvalue weighted by Crippen LogP contribution is -2.58. The average Bonchev–Trinajstić information content (AvgIpc) is 2.79. The third-order valence-electron chi connectivity index (χ3n) is 5.89. The molecule has 0 aromatic heterocycles. The Bertz CT molecular complexity index is 1100. The van der Waals surface area contributed by atoms with Gasteiger partial charge in [0.2, 0.25) is 11.8 Å². The summed E-state index contributed by atoms with van der Waals surface area (Å²) in [6.07, 6.45) is 1.28. The number of carbonyl (C=O) groups excluding carboxylic acids is 2. The smallest absolute Gasteiger partial charge is 0.245 e. The molecule has 1 heterocycles. The standard InChI is InChI=1S/C26H28ClN3O2/c1-18(31)29-25(16-19-7-10-23(27)11-8-19)26(32)30-13-12-28-24(17-30)15-20-6-9-21-4-2-3-5-22(21)14-20/h2-11,14,24-25,28H,12-13,15-17H2,1H3,(H,29,31)/t24?,25-/m1/s1. The zero-order valence-electron chi connectivity index (χ0n) is 18.2. The zero-order valence-corrected chi connectivity index (χ0v) is 18.9. The number of benzene rings is 3. The molecule has 32 heavy (non-hydrogen) atoms. The van der Waals surface area contributed by atoms with Crippen LogP contribution in [0.25, 0.3) is 10.8 Å². The fourth-order valence-electron chi connectivity index (χ4n) is 4.33. The van der Waals surface area contributed by atoms with Crippen molar-refractivity contribution in [2.45, 2.75) is 31.8 Å². The van der Waals surface area contributed by atoms with Gasteiger partial charge in [-0.1, -0.05) is 66.2 Å². The van der Waals surface area contributed by atoms with Crippen LogP contribution in [0.1, 0.15) is 18.1 Å². The van der Waals surface area contributed by atoms with Gasteiger partial charge in [-0.3, -0.25) is 9.59 Å².